The molecule has 1 amide bonds. The fourth-order valence-electron chi connectivity index (χ4n) is 3.40. The van der Waals surface area contributed by atoms with Crippen molar-refractivity contribution in [1.29, 1.82) is 0 Å². The summed E-state index contributed by atoms with van der Waals surface area (Å²) in [5, 5.41) is 10.2. The Labute approximate surface area is 96.8 Å². The van der Waals surface area contributed by atoms with Crippen LogP contribution >= 0.6 is 0 Å². The van der Waals surface area contributed by atoms with Gasteiger partial charge >= 0.3 is 0 Å². The van der Waals surface area contributed by atoms with Gasteiger partial charge in [-0.2, -0.15) is 0 Å². The highest BCUT2D eigenvalue weighted by Crippen LogP contribution is 2.45. The Bertz CT molecular complexity index is 305. The molecule has 1 heterocycles. The van der Waals surface area contributed by atoms with Crippen LogP contribution in [-0.4, -0.2) is 34.6 Å². The van der Waals surface area contributed by atoms with Crippen molar-refractivity contribution in [3.8, 4) is 0 Å². The predicted octanol–water partition coefficient (Wildman–Crippen LogP) is 1.41. The zero-order valence-electron chi connectivity index (χ0n) is 9.98. The van der Waals surface area contributed by atoms with Crippen molar-refractivity contribution in [2.75, 3.05) is 13.1 Å². The Morgan fingerprint density at radius 1 is 1.25 bits per heavy atom. The zero-order valence-corrected chi connectivity index (χ0v) is 9.98. The average molecular weight is 223 g/mol. The van der Waals surface area contributed by atoms with Crippen LogP contribution in [0.1, 0.15) is 39.0 Å². The molecule has 0 aromatic heterocycles. The number of aliphatic hydroxyl groups is 1. The maximum atomic E-state index is 12.2. The van der Waals surface area contributed by atoms with Gasteiger partial charge in [0.15, 0.2) is 0 Å². The van der Waals surface area contributed by atoms with E-state index in [0.29, 0.717) is 30.8 Å². The van der Waals surface area contributed by atoms with Crippen LogP contribution in [0.3, 0.4) is 0 Å². The Morgan fingerprint density at radius 3 is 2.44 bits per heavy atom. The van der Waals surface area contributed by atoms with Gasteiger partial charge in [-0.05, 0) is 37.5 Å². The highest BCUT2D eigenvalue weighted by molar-refractivity contribution is 5.80. The molecular formula is C13H21NO2. The van der Waals surface area contributed by atoms with E-state index in [1.54, 1.807) is 0 Å². The van der Waals surface area contributed by atoms with Crippen molar-refractivity contribution in [3.05, 3.63) is 0 Å². The van der Waals surface area contributed by atoms with E-state index in [0.717, 1.165) is 19.3 Å². The Morgan fingerprint density at radius 2 is 1.94 bits per heavy atom. The summed E-state index contributed by atoms with van der Waals surface area (Å²) in [6.07, 6.45) is 5.74. The lowest BCUT2D eigenvalue weighted by atomic mass is 9.86. The number of rotatable bonds is 2. The molecule has 16 heavy (non-hydrogen) atoms. The van der Waals surface area contributed by atoms with Gasteiger partial charge < -0.3 is 10.0 Å². The minimum Gasteiger partial charge on any atom is -0.386 e. The number of carbonyl (C=O) groups is 1. The second-order valence-corrected chi connectivity index (χ2v) is 6.09. The summed E-state index contributed by atoms with van der Waals surface area (Å²) in [5.41, 5.74) is -0.516. The second kappa shape index (κ2) is 3.46. The van der Waals surface area contributed by atoms with Crippen LogP contribution in [-0.2, 0) is 4.79 Å². The van der Waals surface area contributed by atoms with Crippen LogP contribution in [0.2, 0.25) is 0 Å². The Hall–Kier alpha value is -0.570. The minimum absolute atomic E-state index is 0.240. The molecule has 0 aromatic carbocycles. The van der Waals surface area contributed by atoms with Gasteiger partial charge in [-0.15, -0.1) is 0 Å². The number of carbonyl (C=O) groups excluding carboxylic acids is 1. The lowest BCUT2D eigenvalue weighted by Gasteiger charge is -2.48. The lowest BCUT2D eigenvalue weighted by molar-refractivity contribution is -0.164. The first-order valence-electron chi connectivity index (χ1n) is 6.61. The molecule has 1 N–H and O–H groups in total. The molecule has 2 aliphatic carbocycles. The molecule has 0 radical (unpaired) electrons. The van der Waals surface area contributed by atoms with Gasteiger partial charge in [0.1, 0.15) is 5.60 Å². The molecule has 3 nitrogen and oxygen atoms in total. The van der Waals surface area contributed by atoms with Gasteiger partial charge in [0, 0.05) is 5.92 Å². The summed E-state index contributed by atoms with van der Waals surface area (Å²) >= 11 is 0. The van der Waals surface area contributed by atoms with Crippen LogP contribution in [0.15, 0.2) is 0 Å². The largest absolute Gasteiger partial charge is 0.386 e. The van der Waals surface area contributed by atoms with E-state index >= 15 is 0 Å². The molecule has 0 aromatic rings. The first-order valence-corrected chi connectivity index (χ1v) is 6.61. The summed E-state index contributed by atoms with van der Waals surface area (Å²) in [5.74, 6) is 1.57. The number of β-amino-alcohol motifs (C(OH)–C–C–N with tert-alkyl or cyclic N) is 1. The van der Waals surface area contributed by atoms with E-state index in [1.807, 2.05) is 4.90 Å². The molecule has 3 rings (SSSR count). The highest BCUT2D eigenvalue weighted by atomic mass is 16.3. The van der Waals surface area contributed by atoms with Crippen LogP contribution in [0.25, 0.3) is 0 Å². The van der Waals surface area contributed by atoms with Crippen molar-refractivity contribution in [1.82, 2.24) is 4.90 Å². The van der Waals surface area contributed by atoms with Gasteiger partial charge in [0.05, 0.1) is 13.1 Å². The maximum Gasteiger partial charge on any atom is 0.226 e. The van der Waals surface area contributed by atoms with Crippen molar-refractivity contribution < 1.29 is 9.90 Å². The molecule has 3 heteroatoms. The molecule has 1 aliphatic heterocycles. The van der Waals surface area contributed by atoms with Crippen LogP contribution < -0.4 is 0 Å². The number of nitrogens with zero attached hydrogens (tertiary/aromatic N) is 1. The van der Waals surface area contributed by atoms with Gasteiger partial charge in [0.25, 0.3) is 0 Å². The minimum atomic E-state index is -0.516. The average Bonchev–Trinajstić information content (AvgIpc) is 2.97. The molecule has 3 aliphatic rings. The lowest BCUT2D eigenvalue weighted by Crippen LogP contribution is -2.65. The third-order valence-corrected chi connectivity index (χ3v) is 4.76. The van der Waals surface area contributed by atoms with Crippen LogP contribution in [0.5, 0.6) is 0 Å². The van der Waals surface area contributed by atoms with Crippen LogP contribution in [0.4, 0.5) is 0 Å². The molecular weight excluding hydrogens is 202 g/mol. The predicted molar refractivity (Wildman–Crippen MR) is 60.8 cm³/mol. The number of hydrogen-bond acceptors (Lipinski definition) is 2. The maximum absolute atomic E-state index is 12.2. The van der Waals surface area contributed by atoms with Crippen molar-refractivity contribution in [2.24, 2.45) is 17.8 Å². The molecule has 0 bridgehead atoms. The molecule has 2 saturated carbocycles. The molecule has 0 spiro atoms. The van der Waals surface area contributed by atoms with E-state index in [-0.39, 0.29) is 5.92 Å². The van der Waals surface area contributed by atoms with Crippen molar-refractivity contribution in [3.63, 3.8) is 0 Å². The first-order chi connectivity index (χ1) is 7.60. The van der Waals surface area contributed by atoms with Crippen molar-refractivity contribution >= 4 is 5.91 Å². The van der Waals surface area contributed by atoms with Crippen LogP contribution in [0, 0.1) is 17.8 Å². The van der Waals surface area contributed by atoms with E-state index < -0.39 is 5.60 Å². The van der Waals surface area contributed by atoms with E-state index in [9.17, 15) is 9.90 Å². The number of likely N-dealkylation sites (tertiary alicyclic amines) is 1. The Kier molecular flexibility index (Phi) is 2.29. The molecule has 3 fully saturated rings. The fraction of sp³-hybridized carbons (Fsp3) is 0.923. The molecule has 90 valence electrons. The third-order valence-electron chi connectivity index (χ3n) is 4.76. The third kappa shape index (κ3) is 1.56. The first kappa shape index (κ1) is 10.6. The highest BCUT2D eigenvalue weighted by Gasteiger charge is 2.54. The normalized spacial score (nSPS) is 37.2. The SMILES string of the molecule is CC1CCCC1C(=O)N1CC(O)(C2CC2)C1. The van der Waals surface area contributed by atoms with Gasteiger partial charge in [-0.1, -0.05) is 13.3 Å². The van der Waals surface area contributed by atoms with Crippen molar-refractivity contribution in [2.45, 2.75) is 44.6 Å². The molecule has 1 saturated heterocycles. The zero-order chi connectivity index (χ0) is 11.3. The van der Waals surface area contributed by atoms with E-state index in [1.165, 1.54) is 12.8 Å². The molecule has 2 unspecified atom stereocenters. The summed E-state index contributed by atoms with van der Waals surface area (Å²) in [6, 6.07) is 0. The topological polar surface area (TPSA) is 40.5 Å². The van der Waals surface area contributed by atoms with E-state index in [4.69, 9.17) is 0 Å². The molecule has 2 atom stereocenters. The standard InChI is InChI=1S/C13H21NO2/c1-9-3-2-4-11(9)12(15)14-7-13(16,8-14)10-5-6-10/h9-11,16H,2-8H2,1H3. The van der Waals surface area contributed by atoms with E-state index in [2.05, 4.69) is 6.92 Å². The summed E-state index contributed by atoms with van der Waals surface area (Å²) in [6.45, 7) is 3.38. The number of hydrogen-bond donors (Lipinski definition) is 1. The van der Waals surface area contributed by atoms with Gasteiger partial charge in [-0.25, -0.2) is 0 Å². The van der Waals surface area contributed by atoms with Gasteiger partial charge in [-0.3, -0.25) is 4.79 Å². The second-order valence-electron chi connectivity index (χ2n) is 6.09. The number of amides is 1. The summed E-state index contributed by atoms with van der Waals surface area (Å²) in [4.78, 5) is 14.1. The fourth-order valence-corrected chi connectivity index (χ4v) is 3.40. The quantitative estimate of drug-likeness (QED) is 0.769. The van der Waals surface area contributed by atoms with Gasteiger partial charge in [0.2, 0.25) is 5.91 Å². The summed E-state index contributed by atoms with van der Waals surface area (Å²) in [7, 11) is 0. The Balaban J connectivity index is 1.57. The monoisotopic (exact) mass is 223 g/mol. The summed E-state index contributed by atoms with van der Waals surface area (Å²) < 4.78 is 0. The smallest absolute Gasteiger partial charge is 0.226 e.